The predicted octanol–water partition coefficient (Wildman–Crippen LogP) is 4.04. The lowest BCUT2D eigenvalue weighted by Crippen LogP contribution is -2.29. The summed E-state index contributed by atoms with van der Waals surface area (Å²) in [7, 11) is 0. The Morgan fingerprint density at radius 3 is 2.57 bits per heavy atom. The average molecular weight is 366 g/mol. The molecular weight excluding hydrogens is 353 g/mol. The van der Waals surface area contributed by atoms with Gasteiger partial charge in [-0.15, -0.1) is 0 Å². The molecule has 1 aliphatic heterocycles. The van der Waals surface area contributed by atoms with Crippen molar-refractivity contribution in [3.63, 3.8) is 0 Å². The summed E-state index contributed by atoms with van der Waals surface area (Å²) in [5, 5.41) is 0. The molecule has 1 aromatic rings. The summed E-state index contributed by atoms with van der Waals surface area (Å²) in [6.45, 7) is 2.41. The van der Waals surface area contributed by atoms with E-state index in [1.807, 2.05) is 0 Å². The fraction of sp³-hybridized carbons (Fsp3) is 0.455. The highest BCUT2D eigenvalue weighted by molar-refractivity contribution is 14.1. The zero-order valence-corrected chi connectivity index (χ0v) is 11.7. The van der Waals surface area contributed by atoms with E-state index in [2.05, 4.69) is 61.6 Å². The van der Waals surface area contributed by atoms with Crippen molar-refractivity contribution in [2.75, 3.05) is 18.0 Å². The van der Waals surface area contributed by atoms with Gasteiger partial charge in [-0.2, -0.15) is 0 Å². The largest absolute Gasteiger partial charge is 0.371 e. The summed E-state index contributed by atoms with van der Waals surface area (Å²) >= 11 is 5.99. The summed E-state index contributed by atoms with van der Waals surface area (Å²) in [5.41, 5.74) is 1.36. The van der Waals surface area contributed by atoms with E-state index in [-0.39, 0.29) is 0 Å². The standard InChI is InChI=1S/C11H13BrIN/c12-10-5-4-9(13)8-11(10)14-6-2-1-3-7-14/h4-5,8H,1-3,6-7H2. The van der Waals surface area contributed by atoms with Crippen LogP contribution in [0.2, 0.25) is 0 Å². The first kappa shape index (κ1) is 10.7. The van der Waals surface area contributed by atoms with E-state index in [9.17, 15) is 0 Å². The molecule has 0 unspecified atom stereocenters. The quantitative estimate of drug-likeness (QED) is 0.679. The van der Waals surface area contributed by atoms with Crippen molar-refractivity contribution in [3.8, 4) is 0 Å². The van der Waals surface area contributed by atoms with Crippen molar-refractivity contribution < 1.29 is 0 Å². The molecule has 0 N–H and O–H groups in total. The van der Waals surface area contributed by atoms with Gasteiger partial charge in [0, 0.05) is 21.1 Å². The fourth-order valence-corrected chi connectivity index (χ4v) is 2.84. The third-order valence-corrected chi connectivity index (χ3v) is 3.95. The lowest BCUT2D eigenvalue weighted by atomic mass is 10.1. The number of hydrogen-bond acceptors (Lipinski definition) is 1. The van der Waals surface area contributed by atoms with Crippen molar-refractivity contribution in [2.24, 2.45) is 0 Å². The molecule has 1 saturated heterocycles. The minimum absolute atomic E-state index is 1.21. The average Bonchev–Trinajstić information content (AvgIpc) is 2.23. The van der Waals surface area contributed by atoms with Crippen molar-refractivity contribution >= 4 is 44.2 Å². The molecule has 1 heterocycles. The van der Waals surface area contributed by atoms with Crippen LogP contribution in [0.5, 0.6) is 0 Å². The van der Waals surface area contributed by atoms with E-state index in [0.717, 1.165) is 0 Å². The van der Waals surface area contributed by atoms with Crippen LogP contribution in [0.1, 0.15) is 19.3 Å². The van der Waals surface area contributed by atoms with Crippen LogP contribution in [-0.4, -0.2) is 13.1 Å². The zero-order valence-electron chi connectivity index (χ0n) is 7.97. The predicted molar refractivity (Wildman–Crippen MR) is 72.9 cm³/mol. The maximum absolute atomic E-state index is 3.62. The summed E-state index contributed by atoms with van der Waals surface area (Å²) in [6, 6.07) is 6.54. The second-order valence-electron chi connectivity index (χ2n) is 3.64. The Hall–Kier alpha value is 0.230. The molecule has 76 valence electrons. The molecule has 0 atom stereocenters. The summed E-state index contributed by atoms with van der Waals surface area (Å²) < 4.78 is 2.53. The maximum atomic E-state index is 3.62. The Kier molecular flexibility index (Phi) is 3.71. The minimum atomic E-state index is 1.21. The van der Waals surface area contributed by atoms with E-state index in [4.69, 9.17) is 0 Å². The van der Waals surface area contributed by atoms with Crippen molar-refractivity contribution in [2.45, 2.75) is 19.3 Å². The van der Waals surface area contributed by atoms with Gasteiger partial charge in [0.2, 0.25) is 0 Å². The molecule has 0 aliphatic carbocycles. The third kappa shape index (κ3) is 2.42. The second-order valence-corrected chi connectivity index (χ2v) is 5.74. The molecule has 1 aromatic carbocycles. The highest BCUT2D eigenvalue weighted by Gasteiger charge is 2.13. The van der Waals surface area contributed by atoms with Gasteiger partial charge >= 0.3 is 0 Å². The van der Waals surface area contributed by atoms with Crippen LogP contribution in [0.4, 0.5) is 5.69 Å². The van der Waals surface area contributed by atoms with Crippen molar-refractivity contribution in [1.29, 1.82) is 0 Å². The Morgan fingerprint density at radius 1 is 1.14 bits per heavy atom. The first-order valence-electron chi connectivity index (χ1n) is 4.97. The van der Waals surface area contributed by atoms with Crippen LogP contribution in [0.25, 0.3) is 0 Å². The number of halogens is 2. The molecule has 2 rings (SSSR count). The first-order chi connectivity index (χ1) is 6.77. The molecule has 0 aromatic heterocycles. The number of piperidine rings is 1. The van der Waals surface area contributed by atoms with Gasteiger partial charge in [-0.3, -0.25) is 0 Å². The molecule has 1 nitrogen and oxygen atoms in total. The number of hydrogen-bond donors (Lipinski definition) is 0. The molecule has 0 amide bonds. The van der Waals surface area contributed by atoms with Gasteiger partial charge in [-0.25, -0.2) is 0 Å². The van der Waals surface area contributed by atoms with Gasteiger partial charge in [-0.05, 0) is 76.0 Å². The van der Waals surface area contributed by atoms with E-state index < -0.39 is 0 Å². The molecule has 1 aliphatic rings. The molecule has 0 radical (unpaired) electrons. The topological polar surface area (TPSA) is 3.24 Å². The van der Waals surface area contributed by atoms with Crippen molar-refractivity contribution in [3.05, 3.63) is 26.2 Å². The molecule has 1 fully saturated rings. The van der Waals surface area contributed by atoms with E-state index in [1.54, 1.807) is 0 Å². The lowest BCUT2D eigenvalue weighted by Gasteiger charge is -2.29. The van der Waals surface area contributed by atoms with E-state index in [1.165, 1.54) is 46.1 Å². The number of nitrogens with zero attached hydrogens (tertiary/aromatic N) is 1. The van der Waals surface area contributed by atoms with Crippen LogP contribution in [0, 0.1) is 3.57 Å². The number of benzene rings is 1. The van der Waals surface area contributed by atoms with Crippen LogP contribution < -0.4 is 4.90 Å². The normalized spacial score (nSPS) is 17.1. The Labute approximate surface area is 107 Å². The monoisotopic (exact) mass is 365 g/mol. The van der Waals surface area contributed by atoms with Gasteiger partial charge in [0.1, 0.15) is 0 Å². The third-order valence-electron chi connectivity index (χ3n) is 2.60. The van der Waals surface area contributed by atoms with Gasteiger partial charge in [0.05, 0.1) is 5.69 Å². The summed E-state index contributed by atoms with van der Waals surface area (Å²) in [6.07, 6.45) is 4.05. The molecule has 0 saturated carbocycles. The van der Waals surface area contributed by atoms with Crippen LogP contribution in [0.15, 0.2) is 22.7 Å². The van der Waals surface area contributed by atoms with Gasteiger partial charge in [0.15, 0.2) is 0 Å². The Bertz CT molecular complexity index is 321. The molecule has 0 bridgehead atoms. The second kappa shape index (κ2) is 4.84. The molecule has 14 heavy (non-hydrogen) atoms. The fourth-order valence-electron chi connectivity index (χ4n) is 1.86. The van der Waals surface area contributed by atoms with E-state index in [0.29, 0.717) is 0 Å². The smallest absolute Gasteiger partial charge is 0.0521 e. The highest BCUT2D eigenvalue weighted by atomic mass is 127. The van der Waals surface area contributed by atoms with Gasteiger partial charge in [0.25, 0.3) is 0 Å². The number of rotatable bonds is 1. The first-order valence-corrected chi connectivity index (χ1v) is 6.84. The van der Waals surface area contributed by atoms with E-state index >= 15 is 0 Å². The molecule has 0 spiro atoms. The van der Waals surface area contributed by atoms with Crippen LogP contribution in [0.3, 0.4) is 0 Å². The van der Waals surface area contributed by atoms with Crippen LogP contribution in [-0.2, 0) is 0 Å². The highest BCUT2D eigenvalue weighted by Crippen LogP contribution is 2.29. The Balaban J connectivity index is 2.24. The zero-order chi connectivity index (χ0) is 9.97. The molecule has 3 heteroatoms. The summed E-state index contributed by atoms with van der Waals surface area (Å²) in [5.74, 6) is 0. The van der Waals surface area contributed by atoms with Gasteiger partial charge < -0.3 is 4.90 Å². The SMILES string of the molecule is Brc1ccc(I)cc1N1CCCCC1. The Morgan fingerprint density at radius 2 is 1.86 bits per heavy atom. The minimum Gasteiger partial charge on any atom is -0.371 e. The van der Waals surface area contributed by atoms with Crippen LogP contribution >= 0.6 is 38.5 Å². The van der Waals surface area contributed by atoms with Crippen molar-refractivity contribution in [1.82, 2.24) is 0 Å². The maximum Gasteiger partial charge on any atom is 0.0521 e. The lowest BCUT2D eigenvalue weighted by molar-refractivity contribution is 0.577. The van der Waals surface area contributed by atoms with Gasteiger partial charge in [-0.1, -0.05) is 0 Å². The molecular formula is C11H13BrIN. The summed E-state index contributed by atoms with van der Waals surface area (Å²) in [4.78, 5) is 2.48. The number of anilines is 1.